The fourth-order valence-corrected chi connectivity index (χ4v) is 2.03. The molecule has 0 aromatic rings. The molecule has 0 unspecified atom stereocenters. The molecule has 0 saturated carbocycles. The van der Waals surface area contributed by atoms with Crippen LogP contribution in [0, 0.1) is 5.92 Å². The molecule has 2 heteroatoms. The van der Waals surface area contributed by atoms with E-state index in [1.807, 2.05) is 0 Å². The fourth-order valence-electron chi connectivity index (χ4n) is 2.03. The highest BCUT2D eigenvalue weighted by Crippen LogP contribution is 2.18. The van der Waals surface area contributed by atoms with Crippen molar-refractivity contribution >= 4 is 0 Å². The van der Waals surface area contributed by atoms with Crippen LogP contribution in [-0.4, -0.2) is 26.2 Å². The lowest BCUT2D eigenvalue weighted by molar-refractivity contribution is 0.343. The fraction of sp³-hybridized carbons (Fsp3) is 1.00. The Bertz CT molecular complexity index is 109. The summed E-state index contributed by atoms with van der Waals surface area (Å²) in [4.78, 5) is 0. The first-order valence-corrected chi connectivity index (χ1v) is 5.85. The third-order valence-corrected chi connectivity index (χ3v) is 2.92. The van der Waals surface area contributed by atoms with Crippen molar-refractivity contribution in [3.8, 4) is 0 Å². The van der Waals surface area contributed by atoms with Crippen LogP contribution in [0.2, 0.25) is 0 Å². The van der Waals surface area contributed by atoms with Crippen molar-refractivity contribution in [1.82, 2.24) is 10.6 Å². The standard InChI is InChI=1S/C11H24N2/c1-2-12-8-4-3-5-11-6-9-13-10-7-11/h11-13H,2-10H2,1H3. The Balaban J connectivity index is 1.86. The molecule has 0 radical (unpaired) electrons. The maximum absolute atomic E-state index is 3.41. The smallest absolute Gasteiger partial charge is 0.00463 e. The van der Waals surface area contributed by atoms with E-state index >= 15 is 0 Å². The molecule has 2 N–H and O–H groups in total. The van der Waals surface area contributed by atoms with Crippen molar-refractivity contribution in [3.05, 3.63) is 0 Å². The van der Waals surface area contributed by atoms with E-state index in [1.54, 1.807) is 0 Å². The second-order valence-corrected chi connectivity index (χ2v) is 4.04. The Morgan fingerprint density at radius 1 is 1.23 bits per heavy atom. The zero-order chi connectivity index (χ0) is 9.36. The van der Waals surface area contributed by atoms with Gasteiger partial charge in [0.05, 0.1) is 0 Å². The maximum atomic E-state index is 3.41. The minimum Gasteiger partial charge on any atom is -0.317 e. The summed E-state index contributed by atoms with van der Waals surface area (Å²) < 4.78 is 0. The van der Waals surface area contributed by atoms with Crippen molar-refractivity contribution in [2.24, 2.45) is 5.92 Å². The van der Waals surface area contributed by atoms with Crippen molar-refractivity contribution in [2.75, 3.05) is 26.2 Å². The van der Waals surface area contributed by atoms with Gasteiger partial charge in [-0.2, -0.15) is 0 Å². The van der Waals surface area contributed by atoms with Crippen LogP contribution >= 0.6 is 0 Å². The van der Waals surface area contributed by atoms with Crippen LogP contribution in [-0.2, 0) is 0 Å². The summed E-state index contributed by atoms with van der Waals surface area (Å²) in [5.41, 5.74) is 0. The van der Waals surface area contributed by atoms with Gasteiger partial charge in [0.1, 0.15) is 0 Å². The molecule has 1 fully saturated rings. The first-order chi connectivity index (χ1) is 6.43. The third-order valence-electron chi connectivity index (χ3n) is 2.92. The van der Waals surface area contributed by atoms with E-state index in [2.05, 4.69) is 17.6 Å². The largest absolute Gasteiger partial charge is 0.317 e. The summed E-state index contributed by atoms with van der Waals surface area (Å²) in [6.45, 7) is 7.00. The summed E-state index contributed by atoms with van der Waals surface area (Å²) in [6, 6.07) is 0. The van der Waals surface area contributed by atoms with Crippen LogP contribution in [0.5, 0.6) is 0 Å². The normalized spacial score (nSPS) is 19.2. The zero-order valence-electron chi connectivity index (χ0n) is 8.94. The van der Waals surface area contributed by atoms with E-state index in [1.165, 1.54) is 51.7 Å². The molecule has 2 nitrogen and oxygen atoms in total. The Labute approximate surface area is 82.5 Å². The molecule has 0 aliphatic carbocycles. The van der Waals surface area contributed by atoms with Crippen LogP contribution in [0.4, 0.5) is 0 Å². The molecule has 78 valence electrons. The molecule has 0 amide bonds. The highest BCUT2D eigenvalue weighted by Gasteiger charge is 2.11. The van der Waals surface area contributed by atoms with Crippen molar-refractivity contribution in [2.45, 2.75) is 39.0 Å². The lowest BCUT2D eigenvalue weighted by Gasteiger charge is -2.22. The Hall–Kier alpha value is -0.0800. The molecule has 1 aliphatic heterocycles. The first kappa shape index (κ1) is 11.0. The van der Waals surface area contributed by atoms with Gasteiger partial charge in [0.2, 0.25) is 0 Å². The molecular weight excluding hydrogens is 160 g/mol. The number of hydrogen-bond acceptors (Lipinski definition) is 2. The molecule has 0 bridgehead atoms. The van der Waals surface area contributed by atoms with Crippen LogP contribution in [0.25, 0.3) is 0 Å². The molecule has 0 aromatic carbocycles. The second kappa shape index (κ2) is 7.34. The van der Waals surface area contributed by atoms with Gasteiger partial charge in [-0.25, -0.2) is 0 Å². The predicted octanol–water partition coefficient (Wildman–Crippen LogP) is 1.77. The topological polar surface area (TPSA) is 24.1 Å². The molecule has 13 heavy (non-hydrogen) atoms. The summed E-state index contributed by atoms with van der Waals surface area (Å²) in [5.74, 6) is 1.02. The molecule has 1 heterocycles. The number of nitrogens with one attached hydrogen (secondary N) is 2. The van der Waals surface area contributed by atoms with Gasteiger partial charge in [0.25, 0.3) is 0 Å². The third kappa shape index (κ3) is 5.27. The van der Waals surface area contributed by atoms with E-state index in [0.717, 1.165) is 12.5 Å². The Morgan fingerprint density at radius 2 is 2.00 bits per heavy atom. The number of unbranched alkanes of at least 4 members (excludes halogenated alkanes) is 1. The Morgan fingerprint density at radius 3 is 2.69 bits per heavy atom. The SMILES string of the molecule is CCNCCCCC1CCNCC1. The van der Waals surface area contributed by atoms with Crippen LogP contribution in [0.15, 0.2) is 0 Å². The van der Waals surface area contributed by atoms with E-state index in [9.17, 15) is 0 Å². The maximum Gasteiger partial charge on any atom is -0.00463 e. The van der Waals surface area contributed by atoms with Crippen LogP contribution < -0.4 is 10.6 Å². The molecule has 1 rings (SSSR count). The van der Waals surface area contributed by atoms with E-state index in [-0.39, 0.29) is 0 Å². The lowest BCUT2D eigenvalue weighted by Crippen LogP contribution is -2.27. The number of piperidine rings is 1. The molecular formula is C11H24N2. The van der Waals surface area contributed by atoms with Gasteiger partial charge in [-0.1, -0.05) is 19.8 Å². The zero-order valence-corrected chi connectivity index (χ0v) is 8.94. The molecule has 1 saturated heterocycles. The van der Waals surface area contributed by atoms with Gasteiger partial charge in [-0.15, -0.1) is 0 Å². The molecule has 1 aliphatic rings. The summed E-state index contributed by atoms with van der Waals surface area (Å²) in [6.07, 6.45) is 7.03. The monoisotopic (exact) mass is 184 g/mol. The predicted molar refractivity (Wildman–Crippen MR) is 58.0 cm³/mol. The van der Waals surface area contributed by atoms with Crippen molar-refractivity contribution in [1.29, 1.82) is 0 Å². The molecule has 0 aromatic heterocycles. The second-order valence-electron chi connectivity index (χ2n) is 4.04. The average molecular weight is 184 g/mol. The van der Waals surface area contributed by atoms with Gasteiger partial charge < -0.3 is 10.6 Å². The van der Waals surface area contributed by atoms with Crippen molar-refractivity contribution in [3.63, 3.8) is 0 Å². The van der Waals surface area contributed by atoms with E-state index < -0.39 is 0 Å². The minimum atomic E-state index is 1.02. The first-order valence-electron chi connectivity index (χ1n) is 5.85. The van der Waals surface area contributed by atoms with Crippen molar-refractivity contribution < 1.29 is 0 Å². The van der Waals surface area contributed by atoms with Gasteiger partial charge in [-0.3, -0.25) is 0 Å². The van der Waals surface area contributed by atoms with Gasteiger partial charge in [0.15, 0.2) is 0 Å². The summed E-state index contributed by atoms with van der Waals surface area (Å²) >= 11 is 0. The summed E-state index contributed by atoms with van der Waals surface area (Å²) in [5, 5.41) is 6.79. The van der Waals surface area contributed by atoms with Gasteiger partial charge in [-0.05, 0) is 51.4 Å². The Kier molecular flexibility index (Phi) is 6.21. The van der Waals surface area contributed by atoms with Gasteiger partial charge in [0, 0.05) is 0 Å². The molecule has 0 atom stereocenters. The van der Waals surface area contributed by atoms with E-state index in [0.29, 0.717) is 0 Å². The van der Waals surface area contributed by atoms with Crippen LogP contribution in [0.3, 0.4) is 0 Å². The average Bonchev–Trinajstić information content (AvgIpc) is 2.19. The highest BCUT2D eigenvalue weighted by molar-refractivity contribution is 4.68. The quantitative estimate of drug-likeness (QED) is 0.615. The van der Waals surface area contributed by atoms with Gasteiger partial charge >= 0.3 is 0 Å². The van der Waals surface area contributed by atoms with Crippen LogP contribution in [0.1, 0.15) is 39.0 Å². The number of rotatable bonds is 6. The summed E-state index contributed by atoms with van der Waals surface area (Å²) in [7, 11) is 0. The van der Waals surface area contributed by atoms with E-state index in [4.69, 9.17) is 0 Å². The minimum absolute atomic E-state index is 1.02. The highest BCUT2D eigenvalue weighted by atomic mass is 14.9. The number of hydrogen-bond donors (Lipinski definition) is 2. The molecule has 0 spiro atoms. The lowest BCUT2D eigenvalue weighted by atomic mass is 9.92.